The highest BCUT2D eigenvalue weighted by atomic mass is 35.5. The Bertz CT molecular complexity index is 393. The third-order valence-electron chi connectivity index (χ3n) is 2.47. The van der Waals surface area contributed by atoms with Crippen molar-refractivity contribution in [3.63, 3.8) is 0 Å². The minimum atomic E-state index is -0.344. The van der Waals surface area contributed by atoms with Crippen LogP contribution in [0.2, 0.25) is 0 Å². The van der Waals surface area contributed by atoms with Gasteiger partial charge in [0.1, 0.15) is 0 Å². The number of fused-ring (bicyclic) bond motifs is 1. The Morgan fingerprint density at radius 3 is 2.69 bits per heavy atom. The first kappa shape index (κ1) is 8.52. The Kier molecular flexibility index (Phi) is 1.97. The zero-order chi connectivity index (χ0) is 9.42. The summed E-state index contributed by atoms with van der Waals surface area (Å²) in [6.07, 6.45) is 1.87. The van der Waals surface area contributed by atoms with E-state index in [-0.39, 0.29) is 11.2 Å². The number of carbonyl (C=O) groups excluding carboxylic acids is 1. The van der Waals surface area contributed by atoms with Crippen molar-refractivity contribution in [2.24, 2.45) is 0 Å². The van der Waals surface area contributed by atoms with Gasteiger partial charge in [0, 0.05) is 11.5 Å². The minimum Gasteiger partial charge on any atom is -0.276 e. The van der Waals surface area contributed by atoms with Crippen LogP contribution in [0.3, 0.4) is 0 Å². The van der Waals surface area contributed by atoms with Gasteiger partial charge in [-0.3, -0.25) is 4.79 Å². The summed E-state index contributed by atoms with van der Waals surface area (Å²) >= 11 is 5.46. The van der Waals surface area contributed by atoms with Gasteiger partial charge in [-0.15, -0.1) is 0 Å². The molecule has 0 radical (unpaired) electrons. The number of hydrogen-bond donors (Lipinski definition) is 0. The molecule has 2 rings (SSSR count). The van der Waals surface area contributed by atoms with E-state index in [0.717, 1.165) is 5.56 Å². The van der Waals surface area contributed by atoms with Crippen LogP contribution >= 0.6 is 11.6 Å². The molecule has 0 heterocycles. The lowest BCUT2D eigenvalue weighted by atomic mass is 9.99. The van der Waals surface area contributed by atoms with Gasteiger partial charge in [-0.25, -0.2) is 0 Å². The summed E-state index contributed by atoms with van der Waals surface area (Å²) in [4.78, 5) is 11.0. The van der Waals surface area contributed by atoms with Crippen LogP contribution in [0.1, 0.15) is 24.0 Å². The molecule has 0 N–H and O–H groups in total. The molecule has 0 amide bonds. The molecule has 0 aliphatic heterocycles. The zero-order valence-corrected chi connectivity index (χ0v) is 8.01. The van der Waals surface area contributed by atoms with Gasteiger partial charge in [-0.2, -0.15) is 0 Å². The first-order valence-electron chi connectivity index (χ1n) is 4.20. The van der Waals surface area contributed by atoms with Gasteiger partial charge in [0.15, 0.2) is 0 Å². The fraction of sp³-hybridized carbons (Fsp3) is 0.182. The molecule has 0 saturated heterocycles. The molecule has 1 aromatic carbocycles. The highest BCUT2D eigenvalue weighted by Gasteiger charge is 2.24. The summed E-state index contributed by atoms with van der Waals surface area (Å²) in [5.74, 6) is 0.140. The summed E-state index contributed by atoms with van der Waals surface area (Å²) in [5, 5.41) is -0.344. The van der Waals surface area contributed by atoms with E-state index in [1.54, 1.807) is 0 Å². The molecule has 0 spiro atoms. The van der Waals surface area contributed by atoms with Crippen molar-refractivity contribution in [1.82, 2.24) is 0 Å². The van der Waals surface area contributed by atoms with E-state index in [0.29, 0.717) is 5.57 Å². The van der Waals surface area contributed by atoms with E-state index < -0.39 is 0 Å². The molecule has 0 aromatic heterocycles. The third kappa shape index (κ3) is 1.29. The molecule has 0 bridgehead atoms. The number of halogens is 1. The first-order valence-corrected chi connectivity index (χ1v) is 4.58. The maximum atomic E-state index is 11.0. The zero-order valence-electron chi connectivity index (χ0n) is 7.25. The molecule has 0 saturated carbocycles. The average molecular weight is 193 g/mol. The lowest BCUT2D eigenvalue weighted by Gasteiger charge is -2.06. The van der Waals surface area contributed by atoms with Crippen LogP contribution in [0.5, 0.6) is 0 Å². The molecule has 2 heteroatoms. The van der Waals surface area contributed by atoms with Crippen molar-refractivity contribution in [2.45, 2.75) is 12.8 Å². The van der Waals surface area contributed by atoms with Gasteiger partial charge in [0.25, 0.3) is 0 Å². The van der Waals surface area contributed by atoms with Crippen molar-refractivity contribution in [2.75, 3.05) is 0 Å². The SMILES string of the molecule is CC1C(C(=O)Cl)=Cc2ccccc21. The number of allylic oxidation sites excluding steroid dienone is 1. The Morgan fingerprint density at radius 2 is 2.08 bits per heavy atom. The van der Waals surface area contributed by atoms with Crippen LogP contribution in [0.25, 0.3) is 6.08 Å². The van der Waals surface area contributed by atoms with Gasteiger partial charge in [-0.1, -0.05) is 31.2 Å². The fourth-order valence-corrected chi connectivity index (χ4v) is 1.94. The van der Waals surface area contributed by atoms with E-state index in [1.165, 1.54) is 5.56 Å². The van der Waals surface area contributed by atoms with Crippen molar-refractivity contribution in [3.8, 4) is 0 Å². The quantitative estimate of drug-likeness (QED) is 0.626. The van der Waals surface area contributed by atoms with Crippen LogP contribution < -0.4 is 0 Å². The van der Waals surface area contributed by atoms with E-state index >= 15 is 0 Å². The second-order valence-corrected chi connectivity index (χ2v) is 3.57. The molecule has 1 atom stereocenters. The Hall–Kier alpha value is -1.08. The lowest BCUT2D eigenvalue weighted by Crippen LogP contribution is -1.98. The summed E-state index contributed by atoms with van der Waals surface area (Å²) in [7, 11) is 0. The fourth-order valence-electron chi connectivity index (χ4n) is 1.72. The topological polar surface area (TPSA) is 17.1 Å². The van der Waals surface area contributed by atoms with Gasteiger partial charge in [0.05, 0.1) is 0 Å². The Labute approximate surface area is 82.0 Å². The van der Waals surface area contributed by atoms with Crippen LogP contribution in [0.15, 0.2) is 29.8 Å². The molecule has 0 fully saturated rings. The molecule has 1 aliphatic carbocycles. The number of carbonyl (C=O) groups is 1. The molecular weight excluding hydrogens is 184 g/mol. The molecule has 1 aromatic rings. The van der Waals surface area contributed by atoms with Crippen LogP contribution in [-0.4, -0.2) is 5.24 Å². The second kappa shape index (κ2) is 3.00. The smallest absolute Gasteiger partial charge is 0.248 e. The van der Waals surface area contributed by atoms with Crippen LogP contribution in [0.4, 0.5) is 0 Å². The molecule has 66 valence electrons. The summed E-state index contributed by atoms with van der Waals surface area (Å²) in [6.45, 7) is 2.00. The molecular formula is C11H9ClO. The third-order valence-corrected chi connectivity index (χ3v) is 2.69. The Morgan fingerprint density at radius 1 is 1.38 bits per heavy atom. The van der Waals surface area contributed by atoms with Crippen molar-refractivity contribution in [3.05, 3.63) is 41.0 Å². The Balaban J connectivity index is 2.50. The minimum absolute atomic E-state index is 0.140. The molecule has 1 aliphatic rings. The number of hydrogen-bond acceptors (Lipinski definition) is 1. The monoisotopic (exact) mass is 192 g/mol. The molecule has 1 nitrogen and oxygen atoms in total. The van der Waals surface area contributed by atoms with E-state index in [2.05, 4.69) is 0 Å². The first-order chi connectivity index (χ1) is 6.20. The normalized spacial score (nSPS) is 19.5. The molecule has 1 unspecified atom stereocenters. The maximum absolute atomic E-state index is 11.0. The predicted molar refractivity (Wildman–Crippen MR) is 53.7 cm³/mol. The van der Waals surface area contributed by atoms with Crippen molar-refractivity contribution in [1.29, 1.82) is 0 Å². The van der Waals surface area contributed by atoms with Crippen LogP contribution in [0, 0.1) is 0 Å². The largest absolute Gasteiger partial charge is 0.276 e. The van der Waals surface area contributed by atoms with Crippen molar-refractivity contribution >= 4 is 22.9 Å². The lowest BCUT2D eigenvalue weighted by molar-refractivity contribution is -0.108. The standard InChI is InChI=1S/C11H9ClO/c1-7-9-5-3-2-4-8(9)6-10(7)11(12)13/h2-7H,1H3. The maximum Gasteiger partial charge on any atom is 0.248 e. The summed E-state index contributed by atoms with van der Waals surface area (Å²) in [6, 6.07) is 7.97. The highest BCUT2D eigenvalue weighted by molar-refractivity contribution is 6.68. The van der Waals surface area contributed by atoms with Gasteiger partial charge in [-0.05, 0) is 28.8 Å². The summed E-state index contributed by atoms with van der Waals surface area (Å²) in [5.41, 5.74) is 2.99. The van der Waals surface area contributed by atoms with Gasteiger partial charge < -0.3 is 0 Å². The summed E-state index contributed by atoms with van der Waals surface area (Å²) < 4.78 is 0. The molecule has 13 heavy (non-hydrogen) atoms. The van der Waals surface area contributed by atoms with Gasteiger partial charge >= 0.3 is 0 Å². The van der Waals surface area contributed by atoms with E-state index in [1.807, 2.05) is 37.3 Å². The number of benzene rings is 1. The second-order valence-electron chi connectivity index (χ2n) is 3.22. The average Bonchev–Trinajstić information content (AvgIpc) is 2.45. The van der Waals surface area contributed by atoms with Crippen LogP contribution in [-0.2, 0) is 4.79 Å². The predicted octanol–water partition coefficient (Wildman–Crippen LogP) is 2.95. The van der Waals surface area contributed by atoms with E-state index in [9.17, 15) is 4.79 Å². The van der Waals surface area contributed by atoms with E-state index in [4.69, 9.17) is 11.6 Å². The highest BCUT2D eigenvalue weighted by Crippen LogP contribution is 2.36. The number of rotatable bonds is 1. The van der Waals surface area contributed by atoms with Crippen molar-refractivity contribution < 1.29 is 4.79 Å². The van der Waals surface area contributed by atoms with Gasteiger partial charge in [0.2, 0.25) is 5.24 Å².